The Morgan fingerprint density at radius 1 is 1.33 bits per heavy atom. The second kappa shape index (κ2) is 5.48. The predicted molar refractivity (Wildman–Crippen MR) is 82.1 cm³/mol. The first-order chi connectivity index (χ1) is 10.0. The molecule has 0 aliphatic carbocycles. The lowest BCUT2D eigenvalue weighted by Gasteiger charge is -2.20. The molecule has 0 bridgehead atoms. The van der Waals surface area contributed by atoms with Gasteiger partial charge in [-0.25, -0.2) is 4.68 Å². The maximum Gasteiger partial charge on any atom is 0.102 e. The van der Waals surface area contributed by atoms with Crippen molar-refractivity contribution in [2.24, 2.45) is 0 Å². The van der Waals surface area contributed by atoms with Gasteiger partial charge in [0, 0.05) is 11.3 Å². The SMILES string of the molecule is CC(C)(C)n1cc(CNc2cccc3c2COCC3)nn1. The molecule has 1 N–H and O–H groups in total. The molecule has 0 atom stereocenters. The standard InChI is InChI=1S/C16H22N4O/c1-16(2,3)20-10-13(18-19-20)9-17-15-6-4-5-12-7-8-21-11-14(12)15/h4-6,10,17H,7-9,11H2,1-3H3. The van der Waals surface area contributed by atoms with Gasteiger partial charge in [0.2, 0.25) is 0 Å². The van der Waals surface area contributed by atoms with Crippen LogP contribution in [-0.4, -0.2) is 21.6 Å². The first-order valence-corrected chi connectivity index (χ1v) is 7.38. The number of nitrogens with zero attached hydrogens (tertiary/aromatic N) is 3. The highest BCUT2D eigenvalue weighted by Crippen LogP contribution is 2.25. The van der Waals surface area contributed by atoms with Crippen molar-refractivity contribution in [1.29, 1.82) is 0 Å². The maximum atomic E-state index is 5.57. The molecule has 1 aliphatic heterocycles. The molecule has 0 spiro atoms. The van der Waals surface area contributed by atoms with Crippen molar-refractivity contribution in [2.75, 3.05) is 11.9 Å². The summed E-state index contributed by atoms with van der Waals surface area (Å²) in [5, 5.41) is 11.9. The fraction of sp³-hybridized carbons (Fsp3) is 0.500. The summed E-state index contributed by atoms with van der Waals surface area (Å²) in [6.07, 6.45) is 2.99. The average molecular weight is 286 g/mol. The third-order valence-electron chi connectivity index (χ3n) is 3.72. The van der Waals surface area contributed by atoms with Crippen molar-refractivity contribution < 1.29 is 4.74 Å². The van der Waals surface area contributed by atoms with Gasteiger partial charge in [0.05, 0.1) is 31.5 Å². The van der Waals surface area contributed by atoms with Crippen LogP contribution in [0.1, 0.15) is 37.6 Å². The highest BCUT2D eigenvalue weighted by Gasteiger charge is 2.16. The van der Waals surface area contributed by atoms with Gasteiger partial charge in [0.1, 0.15) is 5.69 Å². The highest BCUT2D eigenvalue weighted by atomic mass is 16.5. The normalized spacial score (nSPS) is 14.8. The Hall–Kier alpha value is -1.88. The average Bonchev–Trinajstić information content (AvgIpc) is 2.94. The van der Waals surface area contributed by atoms with E-state index in [2.05, 4.69) is 54.6 Å². The van der Waals surface area contributed by atoms with Crippen molar-refractivity contribution in [1.82, 2.24) is 15.0 Å². The molecule has 5 nitrogen and oxygen atoms in total. The summed E-state index contributed by atoms with van der Waals surface area (Å²) in [6.45, 7) is 8.52. The predicted octanol–water partition coefficient (Wildman–Crippen LogP) is 2.72. The van der Waals surface area contributed by atoms with E-state index in [1.165, 1.54) is 11.1 Å². The molecule has 1 aromatic heterocycles. The zero-order valence-electron chi connectivity index (χ0n) is 12.9. The summed E-state index contributed by atoms with van der Waals surface area (Å²) in [5.41, 5.74) is 4.69. The first kappa shape index (κ1) is 14.1. The van der Waals surface area contributed by atoms with Gasteiger partial charge in [-0.1, -0.05) is 17.3 Å². The number of nitrogens with one attached hydrogen (secondary N) is 1. The van der Waals surface area contributed by atoms with Crippen LogP contribution in [0.4, 0.5) is 5.69 Å². The summed E-state index contributed by atoms with van der Waals surface area (Å²) in [6, 6.07) is 6.37. The number of hydrogen-bond donors (Lipinski definition) is 1. The van der Waals surface area contributed by atoms with Crippen molar-refractivity contribution in [3.8, 4) is 0 Å². The minimum absolute atomic E-state index is 0.0367. The molecule has 1 aromatic carbocycles. The van der Waals surface area contributed by atoms with Gasteiger partial charge in [-0.2, -0.15) is 0 Å². The Morgan fingerprint density at radius 3 is 2.95 bits per heavy atom. The van der Waals surface area contributed by atoms with Crippen LogP contribution in [0.3, 0.4) is 0 Å². The van der Waals surface area contributed by atoms with E-state index >= 15 is 0 Å². The fourth-order valence-corrected chi connectivity index (χ4v) is 2.45. The third kappa shape index (κ3) is 3.08. The molecule has 3 rings (SSSR count). The minimum Gasteiger partial charge on any atom is -0.379 e. The van der Waals surface area contributed by atoms with Crippen molar-refractivity contribution >= 4 is 5.69 Å². The van der Waals surface area contributed by atoms with Gasteiger partial charge in [0.25, 0.3) is 0 Å². The molecule has 21 heavy (non-hydrogen) atoms. The lowest BCUT2D eigenvalue weighted by Crippen LogP contribution is -2.22. The van der Waals surface area contributed by atoms with Crippen LogP contribution in [0.5, 0.6) is 0 Å². The zero-order chi connectivity index (χ0) is 14.9. The third-order valence-corrected chi connectivity index (χ3v) is 3.72. The Bertz CT molecular complexity index is 627. The smallest absolute Gasteiger partial charge is 0.102 e. The molecular formula is C16H22N4O. The lowest BCUT2D eigenvalue weighted by atomic mass is 10.0. The van der Waals surface area contributed by atoms with Gasteiger partial charge in [-0.05, 0) is 38.8 Å². The van der Waals surface area contributed by atoms with E-state index in [4.69, 9.17) is 4.74 Å². The van der Waals surface area contributed by atoms with E-state index < -0.39 is 0 Å². The minimum atomic E-state index is -0.0367. The van der Waals surface area contributed by atoms with Gasteiger partial charge in [-0.3, -0.25) is 0 Å². The highest BCUT2D eigenvalue weighted by molar-refractivity contribution is 5.55. The molecule has 0 radical (unpaired) electrons. The van der Waals surface area contributed by atoms with E-state index in [1.54, 1.807) is 0 Å². The number of aromatic nitrogens is 3. The van der Waals surface area contributed by atoms with E-state index in [9.17, 15) is 0 Å². The summed E-state index contributed by atoms with van der Waals surface area (Å²) in [7, 11) is 0. The monoisotopic (exact) mass is 286 g/mol. The Morgan fingerprint density at radius 2 is 2.19 bits per heavy atom. The molecule has 1 aliphatic rings. The lowest BCUT2D eigenvalue weighted by molar-refractivity contribution is 0.111. The Balaban J connectivity index is 1.72. The molecule has 2 heterocycles. The maximum absolute atomic E-state index is 5.57. The number of anilines is 1. The number of hydrogen-bond acceptors (Lipinski definition) is 4. The second-order valence-corrected chi connectivity index (χ2v) is 6.42. The summed E-state index contributed by atoms with van der Waals surface area (Å²) >= 11 is 0. The van der Waals surface area contributed by atoms with Crippen molar-refractivity contribution in [3.05, 3.63) is 41.2 Å². The number of ether oxygens (including phenoxy) is 1. The van der Waals surface area contributed by atoms with Gasteiger partial charge in [-0.15, -0.1) is 5.10 Å². The van der Waals surface area contributed by atoms with Crippen LogP contribution in [0, 0.1) is 0 Å². The molecule has 0 saturated carbocycles. The van der Waals surface area contributed by atoms with E-state index in [0.717, 1.165) is 24.4 Å². The quantitative estimate of drug-likeness (QED) is 0.942. The fourth-order valence-electron chi connectivity index (χ4n) is 2.45. The van der Waals surface area contributed by atoms with Crippen LogP contribution in [0.2, 0.25) is 0 Å². The second-order valence-electron chi connectivity index (χ2n) is 6.42. The summed E-state index contributed by atoms with van der Waals surface area (Å²) in [4.78, 5) is 0. The van der Waals surface area contributed by atoms with Crippen LogP contribution < -0.4 is 5.32 Å². The number of benzene rings is 1. The molecule has 5 heteroatoms. The first-order valence-electron chi connectivity index (χ1n) is 7.38. The summed E-state index contributed by atoms with van der Waals surface area (Å²) < 4.78 is 7.46. The molecule has 2 aromatic rings. The van der Waals surface area contributed by atoms with Crippen LogP contribution >= 0.6 is 0 Å². The molecule has 0 amide bonds. The van der Waals surface area contributed by atoms with Gasteiger partial charge in [0.15, 0.2) is 0 Å². The van der Waals surface area contributed by atoms with Crippen LogP contribution in [0.25, 0.3) is 0 Å². The van der Waals surface area contributed by atoms with Gasteiger partial charge >= 0.3 is 0 Å². The number of rotatable bonds is 3. The van der Waals surface area contributed by atoms with E-state index in [-0.39, 0.29) is 5.54 Å². The molecule has 112 valence electrons. The summed E-state index contributed by atoms with van der Waals surface area (Å²) in [5.74, 6) is 0. The molecule has 0 saturated heterocycles. The largest absolute Gasteiger partial charge is 0.379 e. The van der Waals surface area contributed by atoms with Gasteiger partial charge < -0.3 is 10.1 Å². The van der Waals surface area contributed by atoms with E-state index in [0.29, 0.717) is 13.2 Å². The molecule has 0 fully saturated rings. The van der Waals surface area contributed by atoms with E-state index in [1.807, 2.05) is 10.9 Å². The molecule has 0 unspecified atom stereocenters. The zero-order valence-corrected chi connectivity index (χ0v) is 12.9. The van der Waals surface area contributed by atoms with Crippen molar-refractivity contribution in [2.45, 2.75) is 45.9 Å². The topological polar surface area (TPSA) is 52.0 Å². The Kier molecular flexibility index (Phi) is 3.68. The van der Waals surface area contributed by atoms with Crippen LogP contribution in [0.15, 0.2) is 24.4 Å². The Labute approximate surface area is 125 Å². The molecular weight excluding hydrogens is 264 g/mol. The van der Waals surface area contributed by atoms with Crippen LogP contribution in [-0.2, 0) is 29.8 Å². The number of fused-ring (bicyclic) bond motifs is 1. The van der Waals surface area contributed by atoms with Crippen molar-refractivity contribution in [3.63, 3.8) is 0 Å².